The second kappa shape index (κ2) is 11.5. The maximum atomic E-state index is 13.1. The Morgan fingerprint density at radius 1 is 0.889 bits per heavy atom. The molecule has 1 heterocycles. The van der Waals surface area contributed by atoms with Gasteiger partial charge in [0.15, 0.2) is 6.10 Å². The third kappa shape index (κ3) is 5.90. The molecule has 0 bridgehead atoms. The van der Waals surface area contributed by atoms with E-state index in [0.29, 0.717) is 24.6 Å². The molecule has 1 N–H and O–H groups in total. The number of nitrogens with one attached hydrogen (secondary N) is 1. The van der Waals surface area contributed by atoms with Crippen LogP contribution in [0.2, 0.25) is 0 Å². The summed E-state index contributed by atoms with van der Waals surface area (Å²) >= 11 is 0. The van der Waals surface area contributed by atoms with E-state index in [1.807, 2.05) is 42.5 Å². The number of benzene rings is 3. The predicted octanol–water partition coefficient (Wildman–Crippen LogP) is 3.98. The van der Waals surface area contributed by atoms with Crippen molar-refractivity contribution >= 4 is 34.8 Å². The zero-order valence-corrected chi connectivity index (χ0v) is 20.3. The Bertz CT molecular complexity index is 1210. The molecule has 8 heteroatoms. The summed E-state index contributed by atoms with van der Waals surface area (Å²) in [5, 5.41) is 2.77. The molecule has 0 aliphatic carbocycles. The highest BCUT2D eigenvalue weighted by atomic mass is 16.5. The van der Waals surface area contributed by atoms with Gasteiger partial charge in [0.2, 0.25) is 0 Å². The number of anilines is 3. The van der Waals surface area contributed by atoms with E-state index in [-0.39, 0.29) is 17.0 Å². The number of hydrogen-bond acceptors (Lipinski definition) is 6. The van der Waals surface area contributed by atoms with Crippen molar-refractivity contribution in [3.05, 3.63) is 90.0 Å². The molecule has 1 saturated heterocycles. The lowest BCUT2D eigenvalue weighted by molar-refractivity contribution is -0.123. The molecule has 3 aromatic rings. The van der Waals surface area contributed by atoms with Gasteiger partial charge in [0.1, 0.15) is 0 Å². The number of amides is 2. The summed E-state index contributed by atoms with van der Waals surface area (Å²) in [6.45, 7) is 4.53. The minimum atomic E-state index is -1.06. The Balaban J connectivity index is 1.39. The first-order valence-electron chi connectivity index (χ1n) is 11.8. The molecule has 0 saturated carbocycles. The molecule has 0 aromatic heterocycles. The zero-order valence-electron chi connectivity index (χ0n) is 20.3. The SMILES string of the molecule is CC(OC(=O)c1ccccc1C(=O)N(C)c1ccccc1)C(=O)Nc1ccc(N2CCOCC2)cc1. The maximum absolute atomic E-state index is 13.1. The summed E-state index contributed by atoms with van der Waals surface area (Å²) in [6.07, 6.45) is -1.06. The Hall–Kier alpha value is -4.17. The van der Waals surface area contributed by atoms with Crippen molar-refractivity contribution in [1.29, 1.82) is 0 Å². The van der Waals surface area contributed by atoms with E-state index in [9.17, 15) is 14.4 Å². The molecular weight excluding hydrogens is 458 g/mol. The molecule has 0 spiro atoms. The summed E-state index contributed by atoms with van der Waals surface area (Å²) in [5.41, 5.74) is 2.63. The van der Waals surface area contributed by atoms with Crippen LogP contribution in [0, 0.1) is 0 Å². The number of para-hydroxylation sites is 1. The first-order valence-corrected chi connectivity index (χ1v) is 11.8. The topological polar surface area (TPSA) is 88.2 Å². The number of hydrogen-bond donors (Lipinski definition) is 1. The van der Waals surface area contributed by atoms with E-state index in [4.69, 9.17) is 9.47 Å². The standard InChI is InChI=1S/C28H29N3O5/c1-20(26(32)29-21-12-14-23(15-13-21)31-16-18-35-19-17-31)36-28(34)25-11-7-6-10-24(25)27(33)30(2)22-8-4-3-5-9-22/h3-15,20H,16-19H2,1-2H3,(H,29,32). The van der Waals surface area contributed by atoms with Crippen molar-refractivity contribution in [2.75, 3.05) is 48.5 Å². The Morgan fingerprint density at radius 3 is 2.17 bits per heavy atom. The smallest absolute Gasteiger partial charge is 0.339 e. The number of nitrogens with zero attached hydrogens (tertiary/aromatic N) is 2. The highest BCUT2D eigenvalue weighted by molar-refractivity contribution is 6.12. The monoisotopic (exact) mass is 487 g/mol. The summed E-state index contributed by atoms with van der Waals surface area (Å²) in [7, 11) is 1.64. The van der Waals surface area contributed by atoms with Crippen LogP contribution in [0.4, 0.5) is 17.1 Å². The molecular formula is C28H29N3O5. The molecule has 8 nitrogen and oxygen atoms in total. The first kappa shape index (κ1) is 24.9. The highest BCUT2D eigenvalue weighted by Crippen LogP contribution is 2.21. The molecule has 1 aliphatic heterocycles. The molecule has 2 amide bonds. The third-order valence-corrected chi connectivity index (χ3v) is 5.99. The van der Waals surface area contributed by atoms with E-state index >= 15 is 0 Å². The second-order valence-corrected chi connectivity index (χ2v) is 8.43. The molecule has 1 unspecified atom stereocenters. The molecule has 1 fully saturated rings. The van der Waals surface area contributed by atoms with Crippen molar-refractivity contribution in [2.45, 2.75) is 13.0 Å². The van der Waals surface area contributed by atoms with Gasteiger partial charge in [-0.05, 0) is 55.5 Å². The fraction of sp³-hybridized carbons (Fsp3) is 0.250. The number of morpholine rings is 1. The Morgan fingerprint density at radius 2 is 1.50 bits per heavy atom. The lowest BCUT2D eigenvalue weighted by atomic mass is 10.1. The number of ether oxygens (including phenoxy) is 2. The average molecular weight is 488 g/mol. The van der Waals surface area contributed by atoms with Gasteiger partial charge in [-0.15, -0.1) is 0 Å². The van der Waals surface area contributed by atoms with Gasteiger partial charge in [0.25, 0.3) is 11.8 Å². The molecule has 36 heavy (non-hydrogen) atoms. The Kier molecular flexibility index (Phi) is 7.97. The van der Waals surface area contributed by atoms with Crippen molar-refractivity contribution in [3.63, 3.8) is 0 Å². The molecule has 3 aromatic carbocycles. The third-order valence-electron chi connectivity index (χ3n) is 5.99. The summed E-state index contributed by atoms with van der Waals surface area (Å²) in [6, 6.07) is 23.0. The van der Waals surface area contributed by atoms with E-state index < -0.39 is 18.0 Å². The highest BCUT2D eigenvalue weighted by Gasteiger charge is 2.25. The fourth-order valence-electron chi connectivity index (χ4n) is 3.90. The van der Waals surface area contributed by atoms with Crippen LogP contribution in [0.25, 0.3) is 0 Å². The van der Waals surface area contributed by atoms with Gasteiger partial charge < -0.3 is 24.6 Å². The quantitative estimate of drug-likeness (QED) is 0.507. The number of carbonyl (C=O) groups excluding carboxylic acids is 3. The van der Waals surface area contributed by atoms with Gasteiger partial charge in [-0.1, -0.05) is 30.3 Å². The van der Waals surface area contributed by atoms with Gasteiger partial charge in [0, 0.05) is 37.2 Å². The number of carbonyl (C=O) groups is 3. The van der Waals surface area contributed by atoms with E-state index in [1.165, 1.54) is 17.9 Å². The molecule has 186 valence electrons. The van der Waals surface area contributed by atoms with Crippen LogP contribution in [0.5, 0.6) is 0 Å². The van der Waals surface area contributed by atoms with Crippen molar-refractivity contribution in [2.24, 2.45) is 0 Å². The van der Waals surface area contributed by atoms with Crippen LogP contribution < -0.4 is 15.1 Å². The predicted molar refractivity (Wildman–Crippen MR) is 139 cm³/mol. The maximum Gasteiger partial charge on any atom is 0.339 e. The van der Waals surface area contributed by atoms with Crippen LogP contribution >= 0.6 is 0 Å². The van der Waals surface area contributed by atoms with Gasteiger partial charge in [0.05, 0.1) is 24.3 Å². The lowest BCUT2D eigenvalue weighted by Crippen LogP contribution is -2.36. The fourth-order valence-corrected chi connectivity index (χ4v) is 3.90. The van der Waals surface area contributed by atoms with Crippen LogP contribution in [0.1, 0.15) is 27.6 Å². The van der Waals surface area contributed by atoms with E-state index in [1.54, 1.807) is 37.4 Å². The largest absolute Gasteiger partial charge is 0.449 e. The summed E-state index contributed by atoms with van der Waals surface area (Å²) in [4.78, 5) is 42.4. The lowest BCUT2D eigenvalue weighted by Gasteiger charge is -2.28. The zero-order chi connectivity index (χ0) is 25.5. The van der Waals surface area contributed by atoms with E-state index in [2.05, 4.69) is 10.2 Å². The van der Waals surface area contributed by atoms with Crippen LogP contribution in [0.15, 0.2) is 78.9 Å². The normalized spacial score (nSPS) is 14.0. The average Bonchev–Trinajstić information content (AvgIpc) is 2.93. The second-order valence-electron chi connectivity index (χ2n) is 8.43. The minimum Gasteiger partial charge on any atom is -0.449 e. The van der Waals surface area contributed by atoms with Gasteiger partial charge in [-0.3, -0.25) is 9.59 Å². The number of rotatable bonds is 7. The van der Waals surface area contributed by atoms with Gasteiger partial charge in [-0.2, -0.15) is 0 Å². The molecule has 4 rings (SSSR count). The van der Waals surface area contributed by atoms with E-state index in [0.717, 1.165) is 18.8 Å². The van der Waals surface area contributed by atoms with Crippen LogP contribution in [-0.2, 0) is 14.3 Å². The van der Waals surface area contributed by atoms with Crippen LogP contribution in [-0.4, -0.2) is 57.2 Å². The summed E-state index contributed by atoms with van der Waals surface area (Å²) in [5.74, 6) is -1.57. The molecule has 1 atom stereocenters. The van der Waals surface area contributed by atoms with Gasteiger partial charge >= 0.3 is 5.97 Å². The minimum absolute atomic E-state index is 0.0970. The van der Waals surface area contributed by atoms with Crippen molar-refractivity contribution in [3.8, 4) is 0 Å². The van der Waals surface area contributed by atoms with Crippen LogP contribution in [0.3, 0.4) is 0 Å². The summed E-state index contributed by atoms with van der Waals surface area (Å²) < 4.78 is 10.8. The molecule has 0 radical (unpaired) electrons. The van der Waals surface area contributed by atoms with Gasteiger partial charge in [-0.25, -0.2) is 4.79 Å². The molecule has 1 aliphatic rings. The van der Waals surface area contributed by atoms with Crippen molar-refractivity contribution in [1.82, 2.24) is 0 Å². The number of esters is 1. The first-order chi connectivity index (χ1) is 17.4. The van der Waals surface area contributed by atoms with Crippen molar-refractivity contribution < 1.29 is 23.9 Å². The Labute approximate surface area is 210 Å².